The maximum absolute atomic E-state index is 12.7. The van der Waals surface area contributed by atoms with E-state index in [1.165, 1.54) is 11.3 Å². The van der Waals surface area contributed by atoms with Gasteiger partial charge in [-0.2, -0.15) is 4.99 Å². The third-order valence-corrected chi connectivity index (χ3v) is 4.57. The lowest BCUT2D eigenvalue weighted by atomic mass is 10.2. The number of aromatic nitrogens is 3. The molecule has 0 aliphatic heterocycles. The number of ether oxygens (including phenoxy) is 1. The number of carbonyl (C=O) groups excluding carboxylic acids is 1. The summed E-state index contributed by atoms with van der Waals surface area (Å²) in [5, 5.41) is 2.65. The number of nitrogens with one attached hydrogen (secondary N) is 1. The highest BCUT2D eigenvalue weighted by molar-refractivity contribution is 7.07. The van der Waals surface area contributed by atoms with Gasteiger partial charge in [0.2, 0.25) is 0 Å². The lowest BCUT2D eigenvalue weighted by molar-refractivity contribution is 0.0999. The molecule has 0 aliphatic carbocycles. The SMILES string of the molecule is COc1ccccc1-n1ccsc1=NC(=O)c1c[nH]c2ncccc12. The van der Waals surface area contributed by atoms with Gasteiger partial charge < -0.3 is 9.72 Å². The number of methoxy groups -OCH3 is 1. The number of amides is 1. The highest BCUT2D eigenvalue weighted by Crippen LogP contribution is 2.21. The minimum absolute atomic E-state index is 0.314. The highest BCUT2D eigenvalue weighted by atomic mass is 32.1. The molecule has 0 fully saturated rings. The van der Waals surface area contributed by atoms with Crippen LogP contribution in [0.3, 0.4) is 0 Å². The van der Waals surface area contributed by atoms with E-state index in [0.717, 1.165) is 11.1 Å². The molecule has 1 amide bonds. The number of nitrogens with zero attached hydrogens (tertiary/aromatic N) is 3. The standard InChI is InChI=1S/C18H14N4O2S/c1-24-15-7-3-2-6-14(15)22-9-10-25-18(22)21-17(23)13-11-20-16-12(13)5-4-8-19-16/h2-11H,1H3,(H,19,20). The Morgan fingerprint density at radius 1 is 1.28 bits per heavy atom. The molecule has 3 aromatic heterocycles. The second-order valence-corrected chi connectivity index (χ2v) is 6.12. The molecule has 6 nitrogen and oxygen atoms in total. The number of carbonyl (C=O) groups is 1. The Labute approximate surface area is 147 Å². The summed E-state index contributed by atoms with van der Waals surface area (Å²) in [5.41, 5.74) is 2.01. The zero-order chi connectivity index (χ0) is 17.2. The molecule has 1 aromatic carbocycles. The second kappa shape index (κ2) is 6.37. The van der Waals surface area contributed by atoms with Gasteiger partial charge in [-0.3, -0.25) is 9.36 Å². The van der Waals surface area contributed by atoms with E-state index < -0.39 is 0 Å². The Morgan fingerprint density at radius 2 is 2.16 bits per heavy atom. The van der Waals surface area contributed by atoms with Gasteiger partial charge in [-0.1, -0.05) is 12.1 Å². The first-order valence-electron chi connectivity index (χ1n) is 7.58. The fourth-order valence-electron chi connectivity index (χ4n) is 2.65. The molecule has 1 N–H and O–H groups in total. The zero-order valence-electron chi connectivity index (χ0n) is 13.3. The summed E-state index contributed by atoms with van der Waals surface area (Å²) in [4.78, 5) is 24.8. The number of hydrogen-bond donors (Lipinski definition) is 1. The molecule has 0 aliphatic rings. The molecule has 7 heteroatoms. The lowest BCUT2D eigenvalue weighted by Crippen LogP contribution is -2.15. The van der Waals surface area contributed by atoms with Gasteiger partial charge in [0.05, 0.1) is 18.4 Å². The molecule has 124 valence electrons. The van der Waals surface area contributed by atoms with E-state index >= 15 is 0 Å². The van der Waals surface area contributed by atoms with Crippen molar-refractivity contribution in [2.24, 2.45) is 4.99 Å². The number of thiazole rings is 1. The first kappa shape index (κ1) is 15.3. The van der Waals surface area contributed by atoms with E-state index in [9.17, 15) is 4.79 Å². The van der Waals surface area contributed by atoms with Crippen molar-refractivity contribution < 1.29 is 9.53 Å². The van der Waals surface area contributed by atoms with E-state index in [2.05, 4.69) is 15.0 Å². The summed E-state index contributed by atoms with van der Waals surface area (Å²) in [6.07, 6.45) is 5.19. The number of H-pyrrole nitrogens is 1. The smallest absolute Gasteiger partial charge is 0.281 e. The van der Waals surface area contributed by atoms with Crippen LogP contribution in [0.15, 0.2) is 65.4 Å². The largest absolute Gasteiger partial charge is 0.495 e. The summed E-state index contributed by atoms with van der Waals surface area (Å²) in [7, 11) is 1.62. The van der Waals surface area contributed by atoms with Gasteiger partial charge in [-0.05, 0) is 24.3 Å². The number of pyridine rings is 1. The van der Waals surface area contributed by atoms with Gasteiger partial charge in [-0.15, -0.1) is 11.3 Å². The van der Waals surface area contributed by atoms with E-state index in [0.29, 0.717) is 21.8 Å². The molecular weight excluding hydrogens is 336 g/mol. The van der Waals surface area contributed by atoms with Crippen LogP contribution < -0.4 is 9.54 Å². The zero-order valence-corrected chi connectivity index (χ0v) is 14.2. The predicted octanol–water partition coefficient (Wildman–Crippen LogP) is 3.16. The molecule has 0 radical (unpaired) electrons. The van der Waals surface area contributed by atoms with Crippen LogP contribution in [0, 0.1) is 0 Å². The molecule has 25 heavy (non-hydrogen) atoms. The Kier molecular flexibility index (Phi) is 3.91. The number of benzene rings is 1. The van der Waals surface area contributed by atoms with Crippen molar-refractivity contribution in [2.75, 3.05) is 7.11 Å². The van der Waals surface area contributed by atoms with E-state index in [1.54, 1.807) is 25.6 Å². The molecule has 0 atom stereocenters. The van der Waals surface area contributed by atoms with Crippen LogP contribution in [-0.4, -0.2) is 27.6 Å². The number of para-hydroxylation sites is 2. The van der Waals surface area contributed by atoms with Crippen LogP contribution in [0.5, 0.6) is 5.75 Å². The fraction of sp³-hybridized carbons (Fsp3) is 0.0556. The predicted molar refractivity (Wildman–Crippen MR) is 96.2 cm³/mol. The normalized spacial score (nSPS) is 11.8. The van der Waals surface area contributed by atoms with Gasteiger partial charge in [0.15, 0.2) is 4.80 Å². The Balaban J connectivity index is 1.81. The van der Waals surface area contributed by atoms with Crippen molar-refractivity contribution in [1.29, 1.82) is 0 Å². The Morgan fingerprint density at radius 3 is 3.04 bits per heavy atom. The third kappa shape index (κ3) is 2.74. The lowest BCUT2D eigenvalue weighted by Gasteiger charge is -2.08. The average Bonchev–Trinajstić information content (AvgIpc) is 3.28. The fourth-order valence-corrected chi connectivity index (χ4v) is 3.36. The van der Waals surface area contributed by atoms with Crippen LogP contribution in [0.4, 0.5) is 0 Å². The van der Waals surface area contributed by atoms with Gasteiger partial charge in [-0.25, -0.2) is 4.98 Å². The molecule has 0 spiro atoms. The minimum atomic E-state index is -0.314. The summed E-state index contributed by atoms with van der Waals surface area (Å²) >= 11 is 1.39. The summed E-state index contributed by atoms with van der Waals surface area (Å²) in [6, 6.07) is 11.3. The van der Waals surface area contributed by atoms with E-state index in [1.807, 2.05) is 46.5 Å². The van der Waals surface area contributed by atoms with Crippen molar-refractivity contribution in [3.8, 4) is 11.4 Å². The Hall–Kier alpha value is -3.19. The van der Waals surface area contributed by atoms with Crippen LogP contribution >= 0.6 is 11.3 Å². The van der Waals surface area contributed by atoms with Crippen molar-refractivity contribution in [3.63, 3.8) is 0 Å². The molecule has 0 saturated carbocycles. The van der Waals surface area contributed by atoms with Gasteiger partial charge in [0, 0.05) is 29.4 Å². The van der Waals surface area contributed by atoms with Crippen LogP contribution in [0.2, 0.25) is 0 Å². The Bertz CT molecular complexity index is 1120. The summed E-state index contributed by atoms with van der Waals surface area (Å²) < 4.78 is 7.24. The number of hydrogen-bond acceptors (Lipinski definition) is 4. The molecule has 0 bridgehead atoms. The molecule has 3 heterocycles. The molecule has 4 aromatic rings. The quantitative estimate of drug-likeness (QED) is 0.617. The summed E-state index contributed by atoms with van der Waals surface area (Å²) in [6.45, 7) is 0. The van der Waals surface area contributed by atoms with Crippen molar-refractivity contribution in [2.45, 2.75) is 0 Å². The molecule has 4 rings (SSSR count). The first-order chi connectivity index (χ1) is 12.3. The number of fused-ring (bicyclic) bond motifs is 1. The van der Waals surface area contributed by atoms with Crippen molar-refractivity contribution >= 4 is 28.3 Å². The molecular formula is C18H14N4O2S. The average molecular weight is 350 g/mol. The second-order valence-electron chi connectivity index (χ2n) is 5.25. The monoisotopic (exact) mass is 350 g/mol. The third-order valence-electron chi connectivity index (χ3n) is 3.81. The van der Waals surface area contributed by atoms with Gasteiger partial charge in [0.1, 0.15) is 11.4 Å². The summed E-state index contributed by atoms with van der Waals surface area (Å²) in [5.74, 6) is 0.399. The maximum Gasteiger partial charge on any atom is 0.281 e. The highest BCUT2D eigenvalue weighted by Gasteiger charge is 2.13. The first-order valence-corrected chi connectivity index (χ1v) is 8.46. The molecule has 0 unspecified atom stereocenters. The topological polar surface area (TPSA) is 72.3 Å². The number of aromatic amines is 1. The van der Waals surface area contributed by atoms with E-state index in [4.69, 9.17) is 4.74 Å². The maximum atomic E-state index is 12.7. The molecule has 0 saturated heterocycles. The number of rotatable bonds is 3. The van der Waals surface area contributed by atoms with Crippen LogP contribution in [0.1, 0.15) is 10.4 Å². The van der Waals surface area contributed by atoms with Crippen molar-refractivity contribution in [1.82, 2.24) is 14.5 Å². The minimum Gasteiger partial charge on any atom is -0.495 e. The van der Waals surface area contributed by atoms with Crippen LogP contribution in [0.25, 0.3) is 16.7 Å². The van der Waals surface area contributed by atoms with Gasteiger partial charge >= 0.3 is 0 Å². The van der Waals surface area contributed by atoms with Gasteiger partial charge in [0.25, 0.3) is 5.91 Å². The van der Waals surface area contributed by atoms with Crippen molar-refractivity contribution in [3.05, 3.63) is 70.7 Å². The van der Waals surface area contributed by atoms with E-state index in [-0.39, 0.29) is 5.91 Å². The van der Waals surface area contributed by atoms with Crippen LogP contribution in [-0.2, 0) is 0 Å².